The zero-order valence-corrected chi connectivity index (χ0v) is 16.7. The van der Waals surface area contributed by atoms with Crippen LogP contribution >= 0.6 is 8.58 Å². The fourth-order valence-corrected chi connectivity index (χ4v) is 4.16. The first-order valence-electron chi connectivity index (χ1n) is 8.72. The second kappa shape index (κ2) is 7.47. The Morgan fingerprint density at radius 3 is 2.38 bits per heavy atom. The lowest BCUT2D eigenvalue weighted by Crippen LogP contribution is -2.17. The summed E-state index contributed by atoms with van der Waals surface area (Å²) in [5.74, 6) is 0.415. The Hall–Kier alpha value is -2.38. The summed E-state index contributed by atoms with van der Waals surface area (Å²) < 4.78 is 1.78. The molecule has 1 unspecified atom stereocenters. The molecular weight excluding hydrogens is 339 g/mol. The predicted molar refractivity (Wildman–Crippen MR) is 113 cm³/mol. The van der Waals surface area contributed by atoms with Crippen molar-refractivity contribution in [3.8, 4) is 5.75 Å². The molecular formula is C22H25N2OP. The molecule has 0 aliphatic rings. The van der Waals surface area contributed by atoms with Crippen LogP contribution in [0.3, 0.4) is 0 Å². The van der Waals surface area contributed by atoms with Crippen molar-refractivity contribution < 1.29 is 5.11 Å². The summed E-state index contributed by atoms with van der Waals surface area (Å²) in [7, 11) is 0.371. The van der Waals surface area contributed by atoms with Crippen molar-refractivity contribution in [2.45, 2.75) is 33.1 Å². The summed E-state index contributed by atoms with van der Waals surface area (Å²) in [5.41, 5.74) is 3.15. The molecule has 3 rings (SSSR count). The second-order valence-electron chi connectivity index (χ2n) is 7.48. The van der Waals surface area contributed by atoms with Gasteiger partial charge in [-0.3, -0.25) is 0 Å². The Balaban J connectivity index is 1.96. The number of benzene rings is 2. The SMILES string of the molecule is Cc1cc(Pc2ccccc2C=Nn2cccc2)c(O)c(C(C)(C)C)c1. The first kappa shape index (κ1) is 18.4. The fourth-order valence-electron chi connectivity index (χ4n) is 2.85. The fraction of sp³-hybridized carbons (Fsp3) is 0.227. The van der Waals surface area contributed by atoms with E-state index in [1.807, 2.05) is 42.9 Å². The number of rotatable bonds is 4. The van der Waals surface area contributed by atoms with Crippen molar-refractivity contribution in [2.75, 3.05) is 0 Å². The summed E-state index contributed by atoms with van der Waals surface area (Å²) in [5, 5.41) is 17.5. The van der Waals surface area contributed by atoms with Gasteiger partial charge in [-0.2, -0.15) is 5.10 Å². The number of phenols is 1. The molecule has 3 nitrogen and oxygen atoms in total. The van der Waals surface area contributed by atoms with E-state index in [0.29, 0.717) is 14.3 Å². The summed E-state index contributed by atoms with van der Waals surface area (Å²) in [6.07, 6.45) is 5.69. The monoisotopic (exact) mass is 364 g/mol. The molecule has 26 heavy (non-hydrogen) atoms. The zero-order valence-electron chi connectivity index (χ0n) is 15.7. The lowest BCUT2D eigenvalue weighted by atomic mass is 9.85. The molecule has 1 aromatic heterocycles. The largest absolute Gasteiger partial charge is 0.507 e. The maximum Gasteiger partial charge on any atom is 0.127 e. The quantitative estimate of drug-likeness (QED) is 0.544. The third-order valence-corrected chi connectivity index (χ3v) is 5.59. The van der Waals surface area contributed by atoms with E-state index in [0.717, 1.165) is 16.4 Å². The Morgan fingerprint density at radius 1 is 1.00 bits per heavy atom. The van der Waals surface area contributed by atoms with E-state index < -0.39 is 0 Å². The summed E-state index contributed by atoms with van der Waals surface area (Å²) in [6, 6.07) is 16.3. The molecule has 3 aromatic rings. The van der Waals surface area contributed by atoms with E-state index in [4.69, 9.17) is 0 Å². The van der Waals surface area contributed by atoms with E-state index in [2.05, 4.69) is 57.1 Å². The number of phenolic OH excluding ortho intramolecular Hbond substituents is 1. The Morgan fingerprint density at radius 2 is 1.69 bits per heavy atom. The highest BCUT2D eigenvalue weighted by Gasteiger charge is 2.21. The van der Waals surface area contributed by atoms with Gasteiger partial charge in [0, 0.05) is 28.8 Å². The van der Waals surface area contributed by atoms with Gasteiger partial charge in [-0.15, -0.1) is 0 Å². The highest BCUT2D eigenvalue weighted by atomic mass is 31.1. The van der Waals surface area contributed by atoms with Crippen LogP contribution in [0, 0.1) is 6.92 Å². The van der Waals surface area contributed by atoms with E-state index in [-0.39, 0.29) is 5.41 Å². The van der Waals surface area contributed by atoms with Crippen LogP contribution in [0.2, 0.25) is 0 Å². The number of aromatic nitrogens is 1. The van der Waals surface area contributed by atoms with Gasteiger partial charge in [0.1, 0.15) is 5.75 Å². The van der Waals surface area contributed by atoms with E-state index in [9.17, 15) is 5.11 Å². The van der Waals surface area contributed by atoms with Crippen molar-refractivity contribution in [1.82, 2.24) is 4.68 Å². The van der Waals surface area contributed by atoms with Crippen LogP contribution in [0.5, 0.6) is 5.75 Å². The molecule has 0 saturated carbocycles. The molecule has 2 aromatic carbocycles. The van der Waals surface area contributed by atoms with Gasteiger partial charge in [0.2, 0.25) is 0 Å². The molecule has 0 radical (unpaired) electrons. The molecule has 1 heterocycles. The number of hydrogen-bond donors (Lipinski definition) is 1. The molecule has 1 N–H and O–H groups in total. The molecule has 134 valence electrons. The van der Waals surface area contributed by atoms with Crippen LogP contribution in [-0.4, -0.2) is 16.0 Å². The minimum atomic E-state index is -0.0925. The molecule has 4 heteroatoms. The van der Waals surface area contributed by atoms with Gasteiger partial charge >= 0.3 is 0 Å². The van der Waals surface area contributed by atoms with Crippen molar-refractivity contribution in [3.05, 3.63) is 77.6 Å². The number of nitrogens with zero attached hydrogens (tertiary/aromatic N) is 2. The van der Waals surface area contributed by atoms with Crippen molar-refractivity contribution in [2.24, 2.45) is 5.10 Å². The number of aromatic hydroxyl groups is 1. The second-order valence-corrected chi connectivity index (χ2v) is 8.81. The maximum atomic E-state index is 10.9. The first-order chi connectivity index (χ1) is 12.3. The van der Waals surface area contributed by atoms with Crippen molar-refractivity contribution in [3.63, 3.8) is 0 Å². The third-order valence-electron chi connectivity index (χ3n) is 4.21. The van der Waals surface area contributed by atoms with E-state index in [1.165, 1.54) is 10.9 Å². The van der Waals surface area contributed by atoms with Gasteiger partial charge in [-0.25, -0.2) is 4.68 Å². The van der Waals surface area contributed by atoms with E-state index >= 15 is 0 Å². The molecule has 0 saturated heterocycles. The van der Waals surface area contributed by atoms with Crippen LogP contribution < -0.4 is 10.6 Å². The molecule has 1 atom stereocenters. The van der Waals surface area contributed by atoms with Crippen LogP contribution in [0.4, 0.5) is 0 Å². The standard InChI is InChI=1S/C22H25N2OP/c1-16-13-18(22(2,3)4)21(25)20(14-16)26-19-10-6-5-9-17(19)15-23-24-11-7-8-12-24/h5-15,25-26H,1-4H3. The van der Waals surface area contributed by atoms with Crippen LogP contribution in [0.25, 0.3) is 0 Å². The molecule has 0 aliphatic heterocycles. The Bertz CT molecular complexity index is 922. The highest BCUT2D eigenvalue weighted by molar-refractivity contribution is 7.56. The van der Waals surface area contributed by atoms with Gasteiger partial charge < -0.3 is 5.11 Å². The Labute approximate surface area is 157 Å². The van der Waals surface area contributed by atoms with Gasteiger partial charge in [0.15, 0.2) is 0 Å². The van der Waals surface area contributed by atoms with Gasteiger partial charge in [-0.1, -0.05) is 59.7 Å². The van der Waals surface area contributed by atoms with E-state index in [1.54, 1.807) is 4.68 Å². The number of aryl methyl sites for hydroxylation is 1. The predicted octanol–water partition coefficient (Wildman–Crippen LogP) is 4.31. The molecule has 0 amide bonds. The topological polar surface area (TPSA) is 37.5 Å². The lowest BCUT2D eigenvalue weighted by Gasteiger charge is -2.23. The molecule has 0 spiro atoms. The normalized spacial score (nSPS) is 12.5. The summed E-state index contributed by atoms with van der Waals surface area (Å²) >= 11 is 0. The zero-order chi connectivity index (χ0) is 18.7. The van der Waals surface area contributed by atoms with Crippen molar-refractivity contribution >= 4 is 25.4 Å². The lowest BCUT2D eigenvalue weighted by molar-refractivity contribution is 0.450. The minimum absolute atomic E-state index is 0.0925. The molecule has 0 aliphatic carbocycles. The van der Waals surface area contributed by atoms with Crippen LogP contribution in [-0.2, 0) is 5.41 Å². The van der Waals surface area contributed by atoms with Crippen LogP contribution in [0.1, 0.15) is 37.5 Å². The highest BCUT2D eigenvalue weighted by Crippen LogP contribution is 2.33. The van der Waals surface area contributed by atoms with Crippen LogP contribution in [0.15, 0.2) is 66.0 Å². The van der Waals surface area contributed by atoms with Gasteiger partial charge in [0.25, 0.3) is 0 Å². The Kier molecular flexibility index (Phi) is 5.29. The minimum Gasteiger partial charge on any atom is -0.507 e. The third kappa shape index (κ3) is 4.23. The summed E-state index contributed by atoms with van der Waals surface area (Å²) in [4.78, 5) is 0. The maximum absolute atomic E-state index is 10.9. The average molecular weight is 364 g/mol. The van der Waals surface area contributed by atoms with Gasteiger partial charge in [0.05, 0.1) is 6.21 Å². The number of hydrogen-bond acceptors (Lipinski definition) is 2. The summed E-state index contributed by atoms with van der Waals surface area (Å²) in [6.45, 7) is 8.48. The van der Waals surface area contributed by atoms with Gasteiger partial charge in [-0.05, 0) is 41.4 Å². The molecule has 0 bridgehead atoms. The molecule has 0 fully saturated rings. The van der Waals surface area contributed by atoms with Crippen molar-refractivity contribution in [1.29, 1.82) is 0 Å². The average Bonchev–Trinajstić information content (AvgIpc) is 3.09. The first-order valence-corrected chi connectivity index (χ1v) is 9.72. The smallest absolute Gasteiger partial charge is 0.127 e.